The van der Waals surface area contributed by atoms with Gasteiger partial charge in [0.25, 0.3) is 5.91 Å². The molecule has 168 valence electrons. The molecular weight excluding hydrogens is 394 g/mol. The van der Waals surface area contributed by atoms with E-state index in [1.54, 1.807) is 19.5 Å². The predicted molar refractivity (Wildman–Crippen MR) is 116 cm³/mol. The Balaban J connectivity index is 1.39. The van der Waals surface area contributed by atoms with E-state index in [4.69, 9.17) is 9.47 Å². The second kappa shape index (κ2) is 9.89. The molecule has 31 heavy (non-hydrogen) atoms. The largest absolute Gasteiger partial charge is 0.382 e. The molecule has 8 nitrogen and oxygen atoms in total. The van der Waals surface area contributed by atoms with Crippen molar-refractivity contribution in [2.24, 2.45) is 0 Å². The van der Waals surface area contributed by atoms with Crippen LogP contribution in [-0.4, -0.2) is 76.0 Å². The Labute approximate surface area is 184 Å². The van der Waals surface area contributed by atoms with E-state index in [2.05, 4.69) is 28.8 Å². The normalized spacial score (nSPS) is 22.7. The maximum absolute atomic E-state index is 13.0. The molecule has 0 saturated carbocycles. The molecule has 0 aromatic carbocycles. The summed E-state index contributed by atoms with van der Waals surface area (Å²) in [6.45, 7) is 8.93. The molecule has 2 aliphatic rings. The lowest BCUT2D eigenvalue weighted by Gasteiger charge is -2.52. The highest BCUT2D eigenvalue weighted by atomic mass is 16.5. The highest BCUT2D eigenvalue weighted by Gasteiger charge is 2.52. The molecule has 2 saturated heterocycles. The standard InChI is InChI=1S/C23H33N5O3/c1-4-27-17(2)19(15-25-27)16-26-11-7-20(8-12-26)28-21(18-5-9-24-10-6-18)22(23(28)29)31-14-13-30-3/h5-6,9-10,15,20-22H,4,7-8,11-14,16H2,1-3H3/t21-,22+/m0/s1. The molecule has 2 aromatic rings. The molecule has 0 N–H and O–H groups in total. The van der Waals surface area contributed by atoms with Gasteiger partial charge in [0, 0.05) is 63.0 Å². The van der Waals surface area contributed by atoms with E-state index in [0.29, 0.717) is 13.2 Å². The summed E-state index contributed by atoms with van der Waals surface area (Å²) in [6.07, 6.45) is 7.07. The van der Waals surface area contributed by atoms with Gasteiger partial charge in [-0.25, -0.2) is 0 Å². The van der Waals surface area contributed by atoms with E-state index < -0.39 is 6.10 Å². The third kappa shape index (κ3) is 4.51. The Morgan fingerprint density at radius 1 is 1.16 bits per heavy atom. The van der Waals surface area contributed by atoms with Crippen molar-refractivity contribution in [2.45, 2.75) is 58.0 Å². The van der Waals surface area contributed by atoms with Gasteiger partial charge in [-0.3, -0.25) is 19.4 Å². The summed E-state index contributed by atoms with van der Waals surface area (Å²) in [5.74, 6) is 0.0939. The van der Waals surface area contributed by atoms with E-state index in [9.17, 15) is 4.79 Å². The van der Waals surface area contributed by atoms with E-state index in [1.165, 1.54) is 11.3 Å². The van der Waals surface area contributed by atoms with Gasteiger partial charge in [-0.1, -0.05) is 0 Å². The number of amides is 1. The van der Waals surface area contributed by atoms with Crippen LogP contribution in [0.5, 0.6) is 0 Å². The fourth-order valence-electron chi connectivity index (χ4n) is 4.76. The monoisotopic (exact) mass is 427 g/mol. The Hall–Kier alpha value is -2.29. The molecule has 0 aliphatic carbocycles. The Morgan fingerprint density at radius 3 is 2.55 bits per heavy atom. The van der Waals surface area contributed by atoms with Crippen molar-refractivity contribution in [2.75, 3.05) is 33.4 Å². The zero-order valence-corrected chi connectivity index (χ0v) is 18.7. The van der Waals surface area contributed by atoms with Gasteiger partial charge in [-0.05, 0) is 44.4 Å². The smallest absolute Gasteiger partial charge is 0.255 e. The fourth-order valence-corrected chi connectivity index (χ4v) is 4.76. The van der Waals surface area contributed by atoms with Gasteiger partial charge in [0.2, 0.25) is 0 Å². The lowest BCUT2D eigenvalue weighted by molar-refractivity contribution is -0.184. The summed E-state index contributed by atoms with van der Waals surface area (Å²) in [5, 5.41) is 4.47. The summed E-state index contributed by atoms with van der Waals surface area (Å²) in [5.41, 5.74) is 3.62. The van der Waals surface area contributed by atoms with Crippen LogP contribution in [0.25, 0.3) is 0 Å². The SMILES string of the molecule is CCn1ncc(CN2CCC(N3C(=O)[C@H](OCCOC)[C@@H]3c3ccncc3)CC2)c1C. The molecule has 0 bridgehead atoms. The Bertz CT molecular complexity index is 863. The number of piperidine rings is 1. The maximum atomic E-state index is 13.0. The highest BCUT2D eigenvalue weighted by Crippen LogP contribution is 2.40. The minimum atomic E-state index is -0.432. The zero-order valence-electron chi connectivity index (χ0n) is 18.7. The summed E-state index contributed by atoms with van der Waals surface area (Å²) < 4.78 is 13.0. The summed E-state index contributed by atoms with van der Waals surface area (Å²) >= 11 is 0. The number of hydrogen-bond donors (Lipinski definition) is 0. The lowest BCUT2D eigenvalue weighted by Crippen LogP contribution is -2.64. The number of carbonyl (C=O) groups is 1. The number of hydrogen-bond acceptors (Lipinski definition) is 6. The van der Waals surface area contributed by atoms with Crippen LogP contribution in [-0.2, 0) is 27.4 Å². The van der Waals surface area contributed by atoms with Crippen molar-refractivity contribution in [3.63, 3.8) is 0 Å². The van der Waals surface area contributed by atoms with Crippen LogP contribution in [0.3, 0.4) is 0 Å². The lowest BCUT2D eigenvalue weighted by atomic mass is 9.86. The quantitative estimate of drug-likeness (QED) is 0.451. The van der Waals surface area contributed by atoms with Crippen molar-refractivity contribution in [3.8, 4) is 0 Å². The van der Waals surface area contributed by atoms with Crippen molar-refractivity contribution in [1.29, 1.82) is 0 Å². The average molecular weight is 428 g/mol. The minimum absolute atomic E-state index is 0.0473. The molecule has 0 radical (unpaired) electrons. The molecule has 2 aromatic heterocycles. The number of pyridine rings is 1. The van der Waals surface area contributed by atoms with Crippen LogP contribution in [0.15, 0.2) is 30.7 Å². The van der Waals surface area contributed by atoms with Crippen LogP contribution in [0.4, 0.5) is 0 Å². The zero-order chi connectivity index (χ0) is 21.8. The second-order valence-corrected chi connectivity index (χ2v) is 8.33. The van der Waals surface area contributed by atoms with E-state index >= 15 is 0 Å². The van der Waals surface area contributed by atoms with Gasteiger partial charge < -0.3 is 14.4 Å². The third-order valence-corrected chi connectivity index (χ3v) is 6.57. The molecule has 0 spiro atoms. The number of rotatable bonds is 9. The van der Waals surface area contributed by atoms with E-state index in [1.807, 2.05) is 27.9 Å². The number of likely N-dealkylation sites (tertiary alicyclic amines) is 2. The third-order valence-electron chi connectivity index (χ3n) is 6.57. The number of aromatic nitrogens is 3. The van der Waals surface area contributed by atoms with Crippen LogP contribution in [0.1, 0.15) is 42.6 Å². The van der Waals surface area contributed by atoms with E-state index in [-0.39, 0.29) is 18.0 Å². The van der Waals surface area contributed by atoms with Gasteiger partial charge in [0.05, 0.1) is 25.5 Å². The Morgan fingerprint density at radius 2 is 1.90 bits per heavy atom. The van der Waals surface area contributed by atoms with Crippen molar-refractivity contribution in [3.05, 3.63) is 47.5 Å². The van der Waals surface area contributed by atoms with Crippen LogP contribution >= 0.6 is 0 Å². The first-order valence-electron chi connectivity index (χ1n) is 11.2. The minimum Gasteiger partial charge on any atom is -0.382 e. The first-order chi connectivity index (χ1) is 15.1. The maximum Gasteiger partial charge on any atom is 0.255 e. The topological polar surface area (TPSA) is 72.7 Å². The molecule has 0 unspecified atom stereocenters. The first kappa shape index (κ1) is 21.9. The molecule has 4 rings (SSSR count). The molecule has 1 amide bonds. The fraction of sp³-hybridized carbons (Fsp3) is 0.609. The van der Waals surface area contributed by atoms with Gasteiger partial charge in [0.1, 0.15) is 0 Å². The van der Waals surface area contributed by atoms with Crippen LogP contribution < -0.4 is 0 Å². The predicted octanol–water partition coefficient (Wildman–Crippen LogP) is 2.19. The number of methoxy groups -OCH3 is 1. The summed E-state index contributed by atoms with van der Waals surface area (Å²) in [4.78, 5) is 21.7. The van der Waals surface area contributed by atoms with Crippen molar-refractivity contribution in [1.82, 2.24) is 24.6 Å². The average Bonchev–Trinajstić information content (AvgIpc) is 3.15. The van der Waals surface area contributed by atoms with Crippen LogP contribution in [0, 0.1) is 6.92 Å². The molecular formula is C23H33N5O3. The number of aryl methyl sites for hydroxylation is 1. The van der Waals surface area contributed by atoms with Crippen molar-refractivity contribution >= 4 is 5.91 Å². The first-order valence-corrected chi connectivity index (χ1v) is 11.2. The highest BCUT2D eigenvalue weighted by molar-refractivity contribution is 5.89. The molecule has 2 aliphatic heterocycles. The number of β-lactam (4-membered cyclic amide) rings is 1. The molecule has 4 heterocycles. The molecule has 8 heteroatoms. The van der Waals surface area contributed by atoms with Gasteiger partial charge >= 0.3 is 0 Å². The second-order valence-electron chi connectivity index (χ2n) is 8.33. The van der Waals surface area contributed by atoms with Gasteiger partial charge in [0.15, 0.2) is 6.10 Å². The summed E-state index contributed by atoms with van der Waals surface area (Å²) in [7, 11) is 1.64. The molecule has 2 fully saturated rings. The summed E-state index contributed by atoms with van der Waals surface area (Å²) in [6, 6.07) is 4.16. The van der Waals surface area contributed by atoms with Crippen LogP contribution in [0.2, 0.25) is 0 Å². The van der Waals surface area contributed by atoms with E-state index in [0.717, 1.165) is 44.6 Å². The van der Waals surface area contributed by atoms with Crippen molar-refractivity contribution < 1.29 is 14.3 Å². The van der Waals surface area contributed by atoms with Gasteiger partial charge in [-0.2, -0.15) is 5.10 Å². The van der Waals surface area contributed by atoms with Gasteiger partial charge in [-0.15, -0.1) is 0 Å². The number of ether oxygens (including phenoxy) is 2. The number of nitrogens with zero attached hydrogens (tertiary/aromatic N) is 5. The number of carbonyl (C=O) groups excluding carboxylic acids is 1. The Kier molecular flexibility index (Phi) is 6.99. The molecule has 2 atom stereocenters.